The van der Waals surface area contributed by atoms with Crippen molar-refractivity contribution in [2.45, 2.75) is 39.2 Å². The Morgan fingerprint density at radius 2 is 1.62 bits per heavy atom. The van der Waals surface area contributed by atoms with E-state index in [-0.39, 0.29) is 86.3 Å². The minimum Gasteiger partial charge on any atom is -1.00 e. The Hall–Kier alpha value is 2.65. The van der Waals surface area contributed by atoms with Gasteiger partial charge in [-0.05, 0) is 26.7 Å². The summed E-state index contributed by atoms with van der Waals surface area (Å²) >= 11 is 3.39. The third kappa shape index (κ3) is 6.71. The van der Waals surface area contributed by atoms with Gasteiger partial charge in [-0.2, -0.15) is 0 Å². The molecule has 7 heteroatoms. The number of halogens is 2. The summed E-state index contributed by atoms with van der Waals surface area (Å²) in [5, 5.41) is 11.9. The number of hydroxylamine groups is 3. The molecule has 0 amide bonds. The average molecular weight is 335 g/mol. The number of rotatable bonds is 0. The molecular formula is C9H19BrClNNa2O2. The first-order valence-electron chi connectivity index (χ1n) is 4.60. The van der Waals surface area contributed by atoms with E-state index in [1.165, 1.54) is 6.42 Å². The first kappa shape index (κ1) is 27.1. The summed E-state index contributed by atoms with van der Waals surface area (Å²) in [6, 6.07) is 0. The average Bonchev–Trinajstić information content (AvgIpc) is 2.05. The zero-order valence-electron chi connectivity index (χ0n) is 11.2. The Balaban J connectivity index is -0.000000136. The van der Waals surface area contributed by atoms with Crippen molar-refractivity contribution >= 4 is 11.9 Å². The van der Waals surface area contributed by atoms with Gasteiger partial charge in [0.15, 0.2) is 0 Å². The van der Waals surface area contributed by atoms with Gasteiger partial charge in [-0.15, -0.1) is 0 Å². The Labute approximate surface area is 159 Å². The van der Waals surface area contributed by atoms with Gasteiger partial charge in [-0.3, -0.25) is 0 Å². The van der Waals surface area contributed by atoms with Crippen LogP contribution in [0.25, 0.3) is 0 Å². The minimum absolute atomic E-state index is 0. The predicted molar refractivity (Wildman–Crippen MR) is 52.7 cm³/mol. The van der Waals surface area contributed by atoms with Crippen LogP contribution in [0.5, 0.6) is 0 Å². The van der Waals surface area contributed by atoms with Crippen molar-refractivity contribution in [1.29, 1.82) is 0 Å². The summed E-state index contributed by atoms with van der Waals surface area (Å²) in [5.41, 5.74) is -0.0851. The molecule has 1 aliphatic heterocycles. The van der Waals surface area contributed by atoms with E-state index < -0.39 is 0 Å². The maximum absolute atomic E-state index is 11.9. The number of piperidine rings is 1. The maximum atomic E-state index is 11.9. The van der Waals surface area contributed by atoms with Crippen LogP contribution in [0.2, 0.25) is 0 Å². The first-order valence-corrected chi connectivity index (χ1v) is 4.91. The van der Waals surface area contributed by atoms with Crippen LogP contribution in [0.3, 0.4) is 0 Å². The molecule has 3 nitrogen and oxygen atoms in total. The van der Waals surface area contributed by atoms with Crippen LogP contribution < -0.4 is 80.8 Å². The van der Waals surface area contributed by atoms with Gasteiger partial charge < -0.3 is 31.5 Å². The normalized spacial score (nSPS) is 30.6. The van der Waals surface area contributed by atoms with E-state index in [9.17, 15) is 5.21 Å². The van der Waals surface area contributed by atoms with Crippen molar-refractivity contribution in [3.8, 4) is 0 Å². The number of likely N-dealkylation sites (tertiary alicyclic amines) is 1. The largest absolute Gasteiger partial charge is 1.00 e. The predicted octanol–water partition coefficient (Wildman–Crippen LogP) is -7.35. The standard InChI is InChI=1S/C9H19NO.BrH.ClO.2Na/c1-8-6-5-7-10(4,11)9(8,2)3;;1-2;;/h8H,5-7H2,1-4H3;1H;;;/q;;-1;2*+1/p-1. The zero-order chi connectivity index (χ0) is 10.7. The van der Waals surface area contributed by atoms with E-state index in [0.717, 1.165) is 13.0 Å². The van der Waals surface area contributed by atoms with Crippen LogP contribution in [0.1, 0.15) is 33.6 Å². The maximum Gasteiger partial charge on any atom is 1.00 e. The second-order valence-corrected chi connectivity index (χ2v) is 4.52. The van der Waals surface area contributed by atoms with E-state index in [1.807, 2.05) is 0 Å². The molecule has 16 heavy (non-hydrogen) atoms. The van der Waals surface area contributed by atoms with Gasteiger partial charge in [-0.1, -0.05) is 6.92 Å². The van der Waals surface area contributed by atoms with E-state index >= 15 is 0 Å². The smallest absolute Gasteiger partial charge is 1.00 e. The van der Waals surface area contributed by atoms with E-state index in [2.05, 4.69) is 32.6 Å². The van der Waals surface area contributed by atoms with Crippen LogP contribution in [0.4, 0.5) is 0 Å². The summed E-state index contributed by atoms with van der Waals surface area (Å²) in [4.78, 5) is 0. The number of hydrogen-bond acceptors (Lipinski definition) is 2. The quantitative estimate of drug-likeness (QED) is 0.251. The molecule has 0 N–H and O–H groups in total. The Morgan fingerprint density at radius 3 is 1.88 bits per heavy atom. The summed E-state index contributed by atoms with van der Waals surface area (Å²) in [6.45, 7) is 7.15. The van der Waals surface area contributed by atoms with Gasteiger partial charge >= 0.3 is 59.1 Å². The molecule has 0 aromatic heterocycles. The molecule has 0 aromatic rings. The molecule has 0 bridgehead atoms. The first-order chi connectivity index (χ1) is 5.88. The van der Waals surface area contributed by atoms with Gasteiger partial charge in [0, 0.05) is 5.92 Å². The van der Waals surface area contributed by atoms with Crippen molar-refractivity contribution in [1.82, 2.24) is 0 Å². The number of nitrogens with zero attached hydrogens (tertiary/aromatic N) is 1. The second kappa shape index (κ2) is 11.5. The van der Waals surface area contributed by atoms with Gasteiger partial charge in [0.1, 0.15) is 0 Å². The topological polar surface area (TPSA) is 46.1 Å². The molecule has 0 radical (unpaired) electrons. The molecule has 1 fully saturated rings. The molecular weight excluding hydrogens is 315 g/mol. The molecule has 1 saturated heterocycles. The Kier molecular flexibility index (Phi) is 19.4. The fourth-order valence-electron chi connectivity index (χ4n) is 1.81. The summed E-state index contributed by atoms with van der Waals surface area (Å²) in [6.07, 6.45) is 2.30. The van der Waals surface area contributed by atoms with Crippen molar-refractivity contribution in [2.24, 2.45) is 5.92 Å². The molecule has 0 aliphatic carbocycles. The summed E-state index contributed by atoms with van der Waals surface area (Å²) in [7, 11) is 1.80. The zero-order valence-corrected chi connectivity index (χ0v) is 17.6. The van der Waals surface area contributed by atoms with E-state index in [0.29, 0.717) is 5.92 Å². The molecule has 88 valence electrons. The molecule has 2 unspecified atom stereocenters. The van der Waals surface area contributed by atoms with Crippen molar-refractivity contribution in [3.63, 3.8) is 0 Å². The second-order valence-electron chi connectivity index (χ2n) is 4.52. The van der Waals surface area contributed by atoms with Crippen LogP contribution in [0, 0.1) is 11.1 Å². The monoisotopic (exact) mass is 333 g/mol. The molecule has 1 heterocycles. The van der Waals surface area contributed by atoms with Crippen molar-refractivity contribution in [3.05, 3.63) is 5.21 Å². The van der Waals surface area contributed by atoms with Crippen LogP contribution in [0.15, 0.2) is 0 Å². The summed E-state index contributed by atoms with van der Waals surface area (Å²) < 4.78 is 7.66. The molecule has 0 aromatic carbocycles. The van der Waals surface area contributed by atoms with Gasteiger partial charge in [0.25, 0.3) is 0 Å². The van der Waals surface area contributed by atoms with E-state index in [4.69, 9.17) is 4.66 Å². The SMILES string of the molecule is CC1CCC[N+](C)([O-])C1(C)C.[Br-].[Na+].[Na+].[O-]Cl. The number of quaternary nitrogens is 1. The van der Waals surface area contributed by atoms with Crippen LogP contribution in [-0.2, 0) is 0 Å². The molecule has 1 rings (SSSR count). The molecule has 1 aliphatic rings. The van der Waals surface area contributed by atoms with E-state index in [1.54, 1.807) is 7.05 Å². The summed E-state index contributed by atoms with van der Waals surface area (Å²) in [5.74, 6) is 0.554. The third-order valence-electron chi connectivity index (χ3n) is 3.65. The molecule has 0 spiro atoms. The van der Waals surface area contributed by atoms with Crippen molar-refractivity contribution in [2.75, 3.05) is 13.6 Å². The van der Waals surface area contributed by atoms with Crippen LogP contribution >= 0.6 is 11.9 Å². The van der Waals surface area contributed by atoms with Gasteiger partial charge in [-0.25, -0.2) is 11.9 Å². The fourth-order valence-corrected chi connectivity index (χ4v) is 1.81. The van der Waals surface area contributed by atoms with Crippen molar-refractivity contribution < 1.29 is 85.4 Å². The Bertz CT molecular complexity index is 174. The molecule has 0 saturated carbocycles. The van der Waals surface area contributed by atoms with Gasteiger partial charge in [0.2, 0.25) is 0 Å². The minimum atomic E-state index is -0.0851. The van der Waals surface area contributed by atoms with Crippen LogP contribution in [-0.4, -0.2) is 23.8 Å². The number of hydrogen-bond donors (Lipinski definition) is 0. The van der Waals surface area contributed by atoms with Gasteiger partial charge in [0.05, 0.1) is 19.1 Å². The fraction of sp³-hybridized carbons (Fsp3) is 1.00. The molecule has 2 atom stereocenters. The third-order valence-corrected chi connectivity index (χ3v) is 3.65. The Morgan fingerprint density at radius 1 is 1.25 bits per heavy atom.